The van der Waals surface area contributed by atoms with Gasteiger partial charge in [-0.05, 0) is 66.4 Å². The summed E-state index contributed by atoms with van der Waals surface area (Å²) in [5.74, 6) is 0.945. The second kappa shape index (κ2) is 12.3. The maximum atomic E-state index is 13.5. The molecule has 1 aliphatic rings. The molecule has 1 N–H and O–H groups in total. The molecule has 1 heterocycles. The van der Waals surface area contributed by atoms with E-state index in [-0.39, 0.29) is 18.4 Å². The van der Waals surface area contributed by atoms with Crippen molar-refractivity contribution >= 4 is 27.3 Å². The Labute approximate surface area is 223 Å². The Kier molecular flexibility index (Phi) is 8.88. The van der Waals surface area contributed by atoms with E-state index in [9.17, 15) is 13.2 Å². The largest absolute Gasteiger partial charge is 0.494 e. The topological polar surface area (TPSA) is 103 Å². The number of benzene rings is 3. The van der Waals surface area contributed by atoms with Gasteiger partial charge in [0.2, 0.25) is 10.0 Å². The van der Waals surface area contributed by atoms with E-state index in [0.717, 1.165) is 28.7 Å². The maximum Gasteiger partial charge on any atom is 0.258 e. The van der Waals surface area contributed by atoms with E-state index < -0.39 is 10.0 Å². The minimum Gasteiger partial charge on any atom is -0.494 e. The molecule has 0 bridgehead atoms. The van der Waals surface area contributed by atoms with Crippen molar-refractivity contribution in [1.82, 2.24) is 0 Å². The molecule has 0 radical (unpaired) electrons. The van der Waals surface area contributed by atoms with Gasteiger partial charge in [0.25, 0.3) is 5.91 Å². The fourth-order valence-corrected chi connectivity index (χ4v) is 4.80. The number of nitrogens with zero attached hydrogens (tertiary/aromatic N) is 1. The number of carbonyl (C=O) groups excluding carboxylic acids is 1. The van der Waals surface area contributed by atoms with Crippen molar-refractivity contribution in [3.8, 4) is 22.6 Å². The summed E-state index contributed by atoms with van der Waals surface area (Å²) >= 11 is 0. The molecule has 0 atom stereocenters. The molecule has 0 spiro atoms. The Morgan fingerprint density at radius 3 is 2.55 bits per heavy atom. The lowest BCUT2D eigenvalue weighted by atomic mass is 9.93. The molecule has 10 heteroatoms. The van der Waals surface area contributed by atoms with Gasteiger partial charge in [0.15, 0.2) is 6.79 Å². The molecule has 202 valence electrons. The zero-order chi connectivity index (χ0) is 27.1. The van der Waals surface area contributed by atoms with E-state index in [2.05, 4.69) is 4.72 Å². The Bertz CT molecular complexity index is 1390. The summed E-state index contributed by atoms with van der Waals surface area (Å²) in [6.07, 6.45) is 1.71. The number of nitrogens with one attached hydrogen (secondary N) is 1. The first kappa shape index (κ1) is 27.4. The highest BCUT2D eigenvalue weighted by Crippen LogP contribution is 2.34. The van der Waals surface area contributed by atoms with Gasteiger partial charge in [0.1, 0.15) is 11.5 Å². The van der Waals surface area contributed by atoms with Crippen LogP contribution in [0, 0.1) is 0 Å². The maximum absolute atomic E-state index is 13.5. The SMILES string of the molecule is CCOc1cccc(-c2ccc3c(c2)CCN(c2ccc(OCOCCOC)c(NS(C)(=O)=O)c2)C3=O)c1. The number of fused-ring (bicyclic) bond motifs is 1. The summed E-state index contributed by atoms with van der Waals surface area (Å²) in [4.78, 5) is 15.1. The summed E-state index contributed by atoms with van der Waals surface area (Å²) in [6.45, 7) is 3.67. The highest BCUT2D eigenvalue weighted by atomic mass is 32.2. The third-order valence-electron chi connectivity index (χ3n) is 5.96. The zero-order valence-electron chi connectivity index (χ0n) is 21.7. The normalized spacial score (nSPS) is 13.2. The lowest BCUT2D eigenvalue weighted by Crippen LogP contribution is -2.37. The van der Waals surface area contributed by atoms with Gasteiger partial charge in [-0.1, -0.05) is 24.3 Å². The third kappa shape index (κ3) is 6.83. The molecule has 1 amide bonds. The second-order valence-electron chi connectivity index (χ2n) is 8.76. The molecule has 1 aliphatic heterocycles. The fraction of sp³-hybridized carbons (Fsp3) is 0.321. The summed E-state index contributed by atoms with van der Waals surface area (Å²) in [5, 5.41) is 0. The molecule has 0 unspecified atom stereocenters. The predicted molar refractivity (Wildman–Crippen MR) is 147 cm³/mol. The van der Waals surface area contributed by atoms with Crippen LogP contribution in [0.3, 0.4) is 0 Å². The van der Waals surface area contributed by atoms with Crippen molar-refractivity contribution in [3.63, 3.8) is 0 Å². The van der Waals surface area contributed by atoms with E-state index in [1.807, 2.05) is 49.4 Å². The van der Waals surface area contributed by atoms with Crippen LogP contribution < -0.4 is 19.1 Å². The smallest absolute Gasteiger partial charge is 0.258 e. The van der Waals surface area contributed by atoms with Gasteiger partial charge in [-0.3, -0.25) is 9.52 Å². The second-order valence-corrected chi connectivity index (χ2v) is 10.5. The van der Waals surface area contributed by atoms with Gasteiger partial charge < -0.3 is 23.8 Å². The Balaban J connectivity index is 1.56. The first-order valence-electron chi connectivity index (χ1n) is 12.3. The van der Waals surface area contributed by atoms with Crippen LogP contribution in [-0.2, 0) is 25.9 Å². The number of anilines is 2. The monoisotopic (exact) mass is 540 g/mol. The molecule has 4 rings (SSSR count). The average Bonchev–Trinajstić information content (AvgIpc) is 2.89. The van der Waals surface area contributed by atoms with E-state index in [1.54, 1.807) is 30.2 Å². The first-order chi connectivity index (χ1) is 18.3. The average molecular weight is 541 g/mol. The molecule has 0 saturated heterocycles. The van der Waals surface area contributed by atoms with Gasteiger partial charge in [0, 0.05) is 24.9 Å². The molecule has 0 aliphatic carbocycles. The molecule has 38 heavy (non-hydrogen) atoms. The molecule has 9 nitrogen and oxygen atoms in total. The van der Waals surface area contributed by atoms with Crippen molar-refractivity contribution in [2.75, 3.05) is 56.1 Å². The number of sulfonamides is 1. The number of hydrogen-bond donors (Lipinski definition) is 1. The molecule has 0 aromatic heterocycles. The number of rotatable bonds is 12. The van der Waals surface area contributed by atoms with Gasteiger partial charge in [-0.25, -0.2) is 8.42 Å². The van der Waals surface area contributed by atoms with Crippen molar-refractivity contribution in [3.05, 3.63) is 71.8 Å². The summed E-state index contributed by atoms with van der Waals surface area (Å²) in [5.41, 5.74) is 4.40. The number of amides is 1. The van der Waals surface area contributed by atoms with Gasteiger partial charge >= 0.3 is 0 Å². The predicted octanol–water partition coefficient (Wildman–Crippen LogP) is 4.33. The number of ether oxygens (including phenoxy) is 4. The third-order valence-corrected chi connectivity index (χ3v) is 6.55. The minimum atomic E-state index is -3.59. The van der Waals surface area contributed by atoms with E-state index >= 15 is 0 Å². The highest BCUT2D eigenvalue weighted by molar-refractivity contribution is 7.92. The van der Waals surface area contributed by atoms with Gasteiger partial charge in [-0.2, -0.15) is 0 Å². The van der Waals surface area contributed by atoms with E-state index in [4.69, 9.17) is 18.9 Å². The van der Waals surface area contributed by atoms with E-state index in [0.29, 0.717) is 49.8 Å². The fourth-order valence-electron chi connectivity index (χ4n) is 4.24. The Morgan fingerprint density at radius 2 is 1.79 bits per heavy atom. The molecule has 3 aromatic rings. The molecule has 0 saturated carbocycles. The van der Waals surface area contributed by atoms with E-state index in [1.165, 1.54) is 0 Å². The van der Waals surface area contributed by atoms with Crippen molar-refractivity contribution in [2.45, 2.75) is 13.3 Å². The van der Waals surface area contributed by atoms with Crippen LogP contribution in [0.2, 0.25) is 0 Å². The lowest BCUT2D eigenvalue weighted by Gasteiger charge is -2.29. The molecular formula is C28H32N2O7S. The van der Waals surface area contributed by atoms with Crippen molar-refractivity contribution < 1.29 is 32.2 Å². The first-order valence-corrected chi connectivity index (χ1v) is 14.2. The summed E-state index contributed by atoms with van der Waals surface area (Å²) < 4.78 is 47.9. The quantitative estimate of drug-likeness (QED) is 0.269. The Hall–Kier alpha value is -3.60. The van der Waals surface area contributed by atoms with Crippen LogP contribution in [0.4, 0.5) is 11.4 Å². The Morgan fingerprint density at radius 1 is 0.974 bits per heavy atom. The van der Waals surface area contributed by atoms with Crippen LogP contribution in [0.25, 0.3) is 11.1 Å². The number of hydrogen-bond acceptors (Lipinski definition) is 7. The molecule has 3 aromatic carbocycles. The van der Waals surface area contributed by atoms with Crippen LogP contribution in [0.15, 0.2) is 60.7 Å². The van der Waals surface area contributed by atoms with Gasteiger partial charge in [0.05, 0.1) is 31.8 Å². The minimum absolute atomic E-state index is 0.0764. The van der Waals surface area contributed by atoms with Crippen molar-refractivity contribution in [1.29, 1.82) is 0 Å². The standard InChI is InChI=1S/C28H32N2O7S/c1-4-36-24-7-5-6-20(17-24)21-8-10-25-22(16-21)12-13-30(28(25)31)23-9-11-27(37-19-35-15-14-34-2)26(18-23)29-38(3,32)33/h5-11,16-18,29H,4,12-15,19H2,1-3H3. The summed E-state index contributed by atoms with van der Waals surface area (Å²) in [6, 6.07) is 18.7. The number of carbonyl (C=O) groups is 1. The van der Waals surface area contributed by atoms with Crippen molar-refractivity contribution in [2.24, 2.45) is 0 Å². The van der Waals surface area contributed by atoms with Gasteiger partial charge in [-0.15, -0.1) is 0 Å². The lowest BCUT2D eigenvalue weighted by molar-refractivity contribution is -0.00813. The van der Waals surface area contributed by atoms with Crippen LogP contribution in [0.5, 0.6) is 11.5 Å². The zero-order valence-corrected chi connectivity index (χ0v) is 22.5. The van der Waals surface area contributed by atoms with Crippen LogP contribution in [-0.4, -0.2) is 60.8 Å². The van der Waals surface area contributed by atoms with Crippen LogP contribution in [0.1, 0.15) is 22.8 Å². The highest BCUT2D eigenvalue weighted by Gasteiger charge is 2.27. The summed E-state index contributed by atoms with van der Waals surface area (Å²) in [7, 11) is -2.02. The molecule has 0 fully saturated rings. The molecular weight excluding hydrogens is 508 g/mol. The van der Waals surface area contributed by atoms with Crippen LogP contribution >= 0.6 is 0 Å². The number of methoxy groups -OCH3 is 1.